The number of fused-ring (bicyclic) bond motifs is 2. The third-order valence-electron chi connectivity index (χ3n) is 8.25. The molecule has 13 heteroatoms. The fourth-order valence-corrected chi connectivity index (χ4v) is 6.86. The number of ether oxygens (including phenoxy) is 2. The van der Waals surface area contributed by atoms with Crippen molar-refractivity contribution in [3.8, 4) is 22.2 Å². The summed E-state index contributed by atoms with van der Waals surface area (Å²) >= 11 is 5.12. The monoisotopic (exact) mass is 699 g/mol. The quantitative estimate of drug-likeness (QED) is 0.253. The normalized spacial score (nSPS) is 22.4. The molecule has 3 unspecified atom stereocenters. The number of aromatic nitrogens is 2. The van der Waals surface area contributed by atoms with Crippen molar-refractivity contribution in [1.82, 2.24) is 25.5 Å². The number of rotatable bonds is 8. The van der Waals surface area contributed by atoms with Gasteiger partial charge in [-0.15, -0.1) is 11.3 Å². The van der Waals surface area contributed by atoms with Crippen molar-refractivity contribution >= 4 is 56.1 Å². The van der Waals surface area contributed by atoms with Crippen LogP contribution in [0, 0.1) is 5.92 Å². The maximum absolute atomic E-state index is 13.5. The van der Waals surface area contributed by atoms with E-state index in [-0.39, 0.29) is 24.9 Å². The molecular weight excluding hydrogens is 662 g/mol. The summed E-state index contributed by atoms with van der Waals surface area (Å²) in [6, 6.07) is 4.07. The van der Waals surface area contributed by atoms with Gasteiger partial charge in [0, 0.05) is 42.8 Å². The van der Waals surface area contributed by atoms with Crippen LogP contribution < -0.4 is 20.1 Å². The van der Waals surface area contributed by atoms with Crippen LogP contribution in [0.5, 0.6) is 11.5 Å². The predicted octanol–water partition coefficient (Wildman–Crippen LogP) is 5.73. The Morgan fingerprint density at radius 1 is 1.24 bits per heavy atom. The van der Waals surface area contributed by atoms with Gasteiger partial charge >= 0.3 is 12.0 Å². The van der Waals surface area contributed by atoms with Crippen molar-refractivity contribution in [3.63, 3.8) is 0 Å². The first-order chi connectivity index (χ1) is 21.5. The molecule has 0 saturated heterocycles. The number of carbonyl (C=O) groups is 3. The first-order valence-corrected chi connectivity index (χ1v) is 16.7. The van der Waals surface area contributed by atoms with Gasteiger partial charge in [-0.25, -0.2) is 19.6 Å². The minimum absolute atomic E-state index is 0.0583. The summed E-state index contributed by atoms with van der Waals surface area (Å²) in [5, 5.41) is 19.0. The number of nitrogens with one attached hydrogen (secondary N) is 2. The molecule has 1 fully saturated rings. The lowest BCUT2D eigenvalue weighted by Gasteiger charge is -2.25. The van der Waals surface area contributed by atoms with E-state index in [4.69, 9.17) is 19.4 Å². The number of carboxylic acid groups (broad SMARTS) is 1. The van der Waals surface area contributed by atoms with Crippen LogP contribution in [0.4, 0.5) is 4.79 Å². The van der Waals surface area contributed by atoms with Gasteiger partial charge in [-0.2, -0.15) is 0 Å². The summed E-state index contributed by atoms with van der Waals surface area (Å²) in [6.07, 6.45) is 6.70. The Kier molecular flexibility index (Phi) is 9.97. The highest BCUT2D eigenvalue weighted by molar-refractivity contribution is 9.10. The molecule has 1 aliphatic heterocycles. The van der Waals surface area contributed by atoms with Crippen molar-refractivity contribution in [2.24, 2.45) is 5.92 Å². The van der Waals surface area contributed by atoms with Gasteiger partial charge in [-0.3, -0.25) is 4.79 Å². The zero-order valence-electron chi connectivity index (χ0n) is 25.8. The summed E-state index contributed by atoms with van der Waals surface area (Å²) in [6.45, 7) is 4.76. The Labute approximate surface area is 274 Å². The fourth-order valence-electron chi connectivity index (χ4n) is 5.32. The predicted molar refractivity (Wildman–Crippen MR) is 176 cm³/mol. The average molecular weight is 701 g/mol. The van der Waals surface area contributed by atoms with E-state index in [0.717, 1.165) is 35.4 Å². The molecule has 1 saturated carbocycles. The molecule has 3 amide bonds. The van der Waals surface area contributed by atoms with E-state index in [1.54, 1.807) is 14.2 Å². The third-order valence-corrected chi connectivity index (χ3v) is 9.90. The van der Waals surface area contributed by atoms with Crippen LogP contribution in [0.2, 0.25) is 0 Å². The van der Waals surface area contributed by atoms with Crippen molar-refractivity contribution in [1.29, 1.82) is 0 Å². The highest BCUT2D eigenvalue weighted by Crippen LogP contribution is 2.45. The van der Waals surface area contributed by atoms with Gasteiger partial charge in [0.1, 0.15) is 33.8 Å². The maximum atomic E-state index is 13.5. The number of urea groups is 1. The van der Waals surface area contributed by atoms with E-state index in [2.05, 4.69) is 40.4 Å². The van der Waals surface area contributed by atoms with Crippen LogP contribution in [0.15, 0.2) is 40.2 Å². The average Bonchev–Trinajstić information content (AvgIpc) is 3.47. The molecule has 3 aromatic rings. The number of halogens is 1. The van der Waals surface area contributed by atoms with Crippen LogP contribution >= 0.6 is 27.3 Å². The van der Waals surface area contributed by atoms with Gasteiger partial charge in [-0.1, -0.05) is 26.0 Å². The van der Waals surface area contributed by atoms with Crippen LogP contribution in [0.1, 0.15) is 57.6 Å². The lowest BCUT2D eigenvalue weighted by molar-refractivity contribution is -0.143. The minimum atomic E-state index is -1.38. The van der Waals surface area contributed by atoms with Gasteiger partial charge in [0.15, 0.2) is 0 Å². The Hall–Kier alpha value is -3.71. The highest BCUT2D eigenvalue weighted by atomic mass is 79.9. The van der Waals surface area contributed by atoms with E-state index in [0.29, 0.717) is 40.1 Å². The summed E-state index contributed by atoms with van der Waals surface area (Å²) in [4.78, 5) is 50.0. The summed E-state index contributed by atoms with van der Waals surface area (Å²) in [5.41, 5.74) is 0.852. The molecule has 0 spiro atoms. The van der Waals surface area contributed by atoms with Gasteiger partial charge < -0.3 is 30.1 Å². The lowest BCUT2D eigenvalue weighted by Crippen LogP contribution is -2.55. The fraction of sp³-hybridized carbons (Fsp3) is 0.469. The molecule has 1 aliphatic carbocycles. The molecule has 5 rings (SSSR count). The van der Waals surface area contributed by atoms with E-state index in [1.165, 1.54) is 16.2 Å². The van der Waals surface area contributed by atoms with Gasteiger partial charge in [0.25, 0.3) is 0 Å². The molecule has 45 heavy (non-hydrogen) atoms. The standard InChI is InChI=1S/C32H38BrN5O6S/c1-18(2)23-17-45-29(35-23)22-15-25(20-10-11-24(43-4)26(33)27(20)34-22)44-14-12-21-28(39)37-32(30(40)41)16-19(32)9-7-5-6-8-13-38(3)31(42)36-21/h7,9-11,15,17-19,21H,5-6,8,12-14,16H2,1-4H3,(H,36,42)(H,37,39)(H,40,41). The number of allylic oxidation sites excluding steroid dienone is 1. The number of benzene rings is 1. The molecule has 3 N–H and O–H groups in total. The zero-order valence-corrected chi connectivity index (χ0v) is 28.2. The van der Waals surface area contributed by atoms with Crippen molar-refractivity contribution in [3.05, 3.63) is 45.9 Å². The minimum Gasteiger partial charge on any atom is -0.495 e. The van der Waals surface area contributed by atoms with E-state index in [1.807, 2.05) is 35.7 Å². The number of amides is 3. The third kappa shape index (κ3) is 7.09. The molecule has 0 bridgehead atoms. The van der Waals surface area contributed by atoms with Crippen LogP contribution in [0.25, 0.3) is 21.6 Å². The number of thiazole rings is 1. The summed E-state index contributed by atoms with van der Waals surface area (Å²) in [7, 11) is 3.26. The van der Waals surface area contributed by atoms with Crippen LogP contribution in [-0.2, 0) is 9.59 Å². The number of pyridine rings is 1. The lowest BCUT2D eigenvalue weighted by atomic mass is 10.1. The van der Waals surface area contributed by atoms with Gasteiger partial charge in [0.05, 0.1) is 29.4 Å². The molecule has 3 atom stereocenters. The number of methoxy groups -OCH3 is 1. The first kappa shape index (κ1) is 32.7. The van der Waals surface area contributed by atoms with Gasteiger partial charge in [0.2, 0.25) is 5.91 Å². The Morgan fingerprint density at radius 2 is 2.04 bits per heavy atom. The topological polar surface area (TPSA) is 143 Å². The number of hydrogen-bond acceptors (Lipinski definition) is 8. The van der Waals surface area contributed by atoms with Crippen LogP contribution in [-0.4, -0.2) is 76.8 Å². The smallest absolute Gasteiger partial charge is 0.330 e. The molecular formula is C32H38BrN5O6S. The largest absolute Gasteiger partial charge is 0.495 e. The van der Waals surface area contributed by atoms with E-state index >= 15 is 0 Å². The molecule has 11 nitrogen and oxygen atoms in total. The molecule has 0 radical (unpaired) electrons. The molecule has 3 heterocycles. The number of carbonyl (C=O) groups excluding carboxylic acids is 2. The Morgan fingerprint density at radius 3 is 2.76 bits per heavy atom. The second-order valence-corrected chi connectivity index (χ2v) is 13.4. The summed E-state index contributed by atoms with van der Waals surface area (Å²) in [5.74, 6) is -0.539. The Bertz CT molecular complexity index is 1630. The van der Waals surface area contributed by atoms with Crippen molar-refractivity contribution in [2.75, 3.05) is 27.3 Å². The zero-order chi connectivity index (χ0) is 32.3. The van der Waals surface area contributed by atoms with Crippen LogP contribution in [0.3, 0.4) is 0 Å². The summed E-state index contributed by atoms with van der Waals surface area (Å²) < 4.78 is 12.5. The highest BCUT2D eigenvalue weighted by Gasteiger charge is 2.60. The van der Waals surface area contributed by atoms with E-state index < -0.39 is 29.5 Å². The second kappa shape index (κ2) is 13.7. The number of hydrogen-bond donors (Lipinski definition) is 3. The number of nitrogens with zero attached hydrogens (tertiary/aromatic N) is 3. The first-order valence-electron chi connectivity index (χ1n) is 15.0. The SMILES string of the molecule is COc1ccc2c(OCCC3NC(=O)N(C)CCCCC=CC4CC4(C(=O)O)NC3=O)cc(-c3nc(C(C)C)cs3)nc2c1Br. The maximum Gasteiger partial charge on any atom is 0.330 e. The van der Waals surface area contributed by atoms with Crippen molar-refractivity contribution < 1.29 is 29.0 Å². The van der Waals surface area contributed by atoms with E-state index in [9.17, 15) is 19.5 Å². The molecule has 240 valence electrons. The number of carboxylic acids is 1. The molecule has 1 aromatic carbocycles. The van der Waals surface area contributed by atoms with Gasteiger partial charge in [-0.05, 0) is 59.7 Å². The molecule has 2 aromatic heterocycles. The Balaban J connectivity index is 1.42. The molecule has 2 aliphatic rings. The second-order valence-electron chi connectivity index (χ2n) is 11.8. The number of aliphatic carboxylic acids is 1. The van der Waals surface area contributed by atoms with Crippen molar-refractivity contribution in [2.45, 2.75) is 63.5 Å².